The molecule has 0 aliphatic carbocycles. The van der Waals surface area contributed by atoms with Crippen LogP contribution >= 0.6 is 0 Å². The number of hydrogen-bond acceptors (Lipinski definition) is 3. The van der Waals surface area contributed by atoms with Crippen LogP contribution in [0.4, 0.5) is 14.6 Å². The molecule has 1 unspecified atom stereocenters. The summed E-state index contributed by atoms with van der Waals surface area (Å²) in [5.74, 6) is -1.24. The number of nitrogens with one attached hydrogen (secondary N) is 2. The molecule has 36 heavy (non-hydrogen) atoms. The molecule has 8 heteroatoms. The molecule has 6 nitrogen and oxygen atoms in total. The lowest BCUT2D eigenvalue weighted by Gasteiger charge is -2.41. The molecule has 3 aromatic carbocycles. The van der Waals surface area contributed by atoms with E-state index < -0.39 is 34.9 Å². The number of benzene rings is 3. The number of amides is 2. The number of carbonyl (C=O) groups is 2. The molecule has 0 fully saturated rings. The van der Waals surface area contributed by atoms with Gasteiger partial charge in [0.15, 0.2) is 0 Å². The second-order valence-electron chi connectivity index (χ2n) is 9.17. The Morgan fingerprint density at radius 1 is 1.00 bits per heavy atom. The molecule has 2 atom stereocenters. The fourth-order valence-electron chi connectivity index (χ4n) is 4.95. The van der Waals surface area contributed by atoms with Gasteiger partial charge >= 0.3 is 0 Å². The van der Waals surface area contributed by atoms with Crippen molar-refractivity contribution < 1.29 is 18.4 Å². The smallest absolute Gasteiger partial charge is 0.251 e. The topological polar surface area (TPSA) is 76.0 Å². The molecule has 1 aliphatic heterocycles. The summed E-state index contributed by atoms with van der Waals surface area (Å²) in [4.78, 5) is 26.8. The minimum absolute atomic E-state index is 0.393. The number of halogens is 2. The van der Waals surface area contributed by atoms with Gasteiger partial charge in [0.2, 0.25) is 5.91 Å². The zero-order valence-electron chi connectivity index (χ0n) is 20.0. The molecule has 1 aliphatic rings. The molecule has 0 radical (unpaired) electrons. The van der Waals surface area contributed by atoms with E-state index in [0.717, 1.165) is 5.56 Å². The van der Waals surface area contributed by atoms with E-state index in [2.05, 4.69) is 15.7 Å². The van der Waals surface area contributed by atoms with Crippen molar-refractivity contribution in [2.24, 2.45) is 0 Å². The average Bonchev–Trinajstić information content (AvgIpc) is 3.18. The van der Waals surface area contributed by atoms with Crippen LogP contribution in [0, 0.1) is 25.5 Å². The highest BCUT2D eigenvalue weighted by atomic mass is 19.1. The molecule has 2 heterocycles. The van der Waals surface area contributed by atoms with Crippen molar-refractivity contribution in [3.8, 4) is 5.69 Å². The molecule has 0 saturated heterocycles. The van der Waals surface area contributed by atoms with Crippen LogP contribution in [0.1, 0.15) is 39.7 Å². The Bertz CT molecular complexity index is 1480. The van der Waals surface area contributed by atoms with E-state index >= 15 is 0 Å². The zero-order chi connectivity index (χ0) is 25.6. The third-order valence-electron chi connectivity index (χ3n) is 6.73. The van der Waals surface area contributed by atoms with Gasteiger partial charge in [0.05, 0.1) is 16.8 Å². The standard InChI is InChI=1S/C28H24F2N4O2/c1-16-5-4-6-18(15-16)26(35)31-24-27(36)32-25-23(28(24,3)19-7-9-20(29)10-8-19)17(2)33-34(25)22-13-11-21(30)12-14-22/h4-15,24H,1-3H3,(H,31,35)(H,32,36)/t24-,28?/m0/s1. The third-order valence-corrected chi connectivity index (χ3v) is 6.73. The molecule has 0 bridgehead atoms. The minimum atomic E-state index is -1.09. The van der Waals surface area contributed by atoms with Crippen LogP contribution in [0.15, 0.2) is 72.8 Å². The summed E-state index contributed by atoms with van der Waals surface area (Å²) < 4.78 is 29.0. The summed E-state index contributed by atoms with van der Waals surface area (Å²) in [6, 6.07) is 17.7. The summed E-state index contributed by atoms with van der Waals surface area (Å²) >= 11 is 0. The number of nitrogens with zero attached hydrogens (tertiary/aromatic N) is 2. The van der Waals surface area contributed by atoms with Gasteiger partial charge in [-0.3, -0.25) is 9.59 Å². The van der Waals surface area contributed by atoms with Crippen molar-refractivity contribution in [3.05, 3.63) is 112 Å². The van der Waals surface area contributed by atoms with Gasteiger partial charge in [-0.15, -0.1) is 0 Å². The van der Waals surface area contributed by atoms with Crippen LogP contribution in [0.5, 0.6) is 0 Å². The molecule has 2 N–H and O–H groups in total. The van der Waals surface area contributed by atoms with Crippen molar-refractivity contribution in [2.75, 3.05) is 5.32 Å². The van der Waals surface area contributed by atoms with Crippen LogP contribution in [0.3, 0.4) is 0 Å². The third kappa shape index (κ3) is 3.84. The second kappa shape index (κ2) is 8.71. The molecule has 182 valence electrons. The minimum Gasteiger partial charge on any atom is -0.339 e. The Hall–Kier alpha value is -4.33. The van der Waals surface area contributed by atoms with Gasteiger partial charge in [0.25, 0.3) is 5.91 Å². The van der Waals surface area contributed by atoms with Gasteiger partial charge in [-0.05, 0) is 74.9 Å². The van der Waals surface area contributed by atoms with E-state index in [1.807, 2.05) is 19.9 Å². The Kier molecular flexibility index (Phi) is 5.67. The number of rotatable bonds is 4. The average molecular weight is 487 g/mol. The monoisotopic (exact) mass is 486 g/mol. The largest absolute Gasteiger partial charge is 0.339 e. The highest BCUT2D eigenvalue weighted by molar-refractivity contribution is 6.05. The van der Waals surface area contributed by atoms with Crippen molar-refractivity contribution in [3.63, 3.8) is 0 Å². The van der Waals surface area contributed by atoms with Gasteiger partial charge in [0.1, 0.15) is 23.5 Å². The highest BCUT2D eigenvalue weighted by Gasteiger charge is 2.50. The molecule has 0 spiro atoms. The van der Waals surface area contributed by atoms with E-state index in [0.29, 0.717) is 33.9 Å². The van der Waals surface area contributed by atoms with Gasteiger partial charge in [-0.1, -0.05) is 29.8 Å². The lowest BCUT2D eigenvalue weighted by Crippen LogP contribution is -2.59. The van der Waals surface area contributed by atoms with Crippen LogP contribution in [-0.2, 0) is 10.2 Å². The summed E-state index contributed by atoms with van der Waals surface area (Å²) in [7, 11) is 0. The maximum absolute atomic E-state index is 13.9. The normalized spacial score (nSPS) is 18.9. The first kappa shape index (κ1) is 23.4. The maximum atomic E-state index is 13.9. The molecular weight excluding hydrogens is 462 g/mol. The van der Waals surface area contributed by atoms with Crippen LogP contribution in [0.25, 0.3) is 5.69 Å². The Morgan fingerprint density at radius 3 is 2.28 bits per heavy atom. The summed E-state index contributed by atoms with van der Waals surface area (Å²) in [5, 5.41) is 10.4. The number of anilines is 1. The summed E-state index contributed by atoms with van der Waals surface area (Å²) in [5.41, 5.74) is 2.72. The summed E-state index contributed by atoms with van der Waals surface area (Å²) in [6.07, 6.45) is 0. The predicted octanol–water partition coefficient (Wildman–Crippen LogP) is 4.82. The SMILES string of the molecule is Cc1cccc(C(=O)N[C@H]2C(=O)Nc3c(c(C)nn3-c3ccc(F)cc3)C2(C)c2ccc(F)cc2)c1. The van der Waals surface area contributed by atoms with Crippen molar-refractivity contribution in [1.29, 1.82) is 0 Å². The first-order chi connectivity index (χ1) is 17.2. The Morgan fingerprint density at radius 2 is 1.64 bits per heavy atom. The Labute approximate surface area is 207 Å². The number of hydrogen-bond donors (Lipinski definition) is 2. The lowest BCUT2D eigenvalue weighted by atomic mass is 9.68. The number of aryl methyl sites for hydroxylation is 2. The second-order valence-corrected chi connectivity index (χ2v) is 9.17. The quantitative estimate of drug-likeness (QED) is 0.434. The van der Waals surface area contributed by atoms with Crippen LogP contribution < -0.4 is 10.6 Å². The zero-order valence-corrected chi connectivity index (χ0v) is 20.0. The van der Waals surface area contributed by atoms with E-state index in [4.69, 9.17) is 0 Å². The van der Waals surface area contributed by atoms with Crippen LogP contribution in [0.2, 0.25) is 0 Å². The lowest BCUT2D eigenvalue weighted by molar-refractivity contribution is -0.119. The maximum Gasteiger partial charge on any atom is 0.251 e. The number of aromatic nitrogens is 2. The molecule has 2 amide bonds. The molecule has 0 saturated carbocycles. The first-order valence-electron chi connectivity index (χ1n) is 11.5. The van der Waals surface area contributed by atoms with Crippen molar-refractivity contribution in [2.45, 2.75) is 32.2 Å². The van der Waals surface area contributed by atoms with Crippen molar-refractivity contribution in [1.82, 2.24) is 15.1 Å². The van der Waals surface area contributed by atoms with Crippen LogP contribution in [-0.4, -0.2) is 27.6 Å². The molecular formula is C28H24F2N4O2. The fraction of sp³-hybridized carbons (Fsp3) is 0.179. The Balaban J connectivity index is 1.67. The van der Waals surface area contributed by atoms with E-state index in [9.17, 15) is 18.4 Å². The van der Waals surface area contributed by atoms with Crippen molar-refractivity contribution >= 4 is 17.6 Å². The fourth-order valence-corrected chi connectivity index (χ4v) is 4.95. The van der Waals surface area contributed by atoms with Gasteiger partial charge in [-0.25, -0.2) is 13.5 Å². The first-order valence-corrected chi connectivity index (χ1v) is 11.5. The van der Waals surface area contributed by atoms with Gasteiger partial charge in [-0.2, -0.15) is 5.10 Å². The van der Waals surface area contributed by atoms with E-state index in [-0.39, 0.29) is 0 Å². The van der Waals surface area contributed by atoms with E-state index in [1.165, 1.54) is 24.3 Å². The highest BCUT2D eigenvalue weighted by Crippen LogP contribution is 2.45. The van der Waals surface area contributed by atoms with Gasteiger partial charge in [0, 0.05) is 11.1 Å². The van der Waals surface area contributed by atoms with Gasteiger partial charge < -0.3 is 10.6 Å². The predicted molar refractivity (Wildman–Crippen MR) is 132 cm³/mol. The summed E-state index contributed by atoms with van der Waals surface area (Å²) in [6.45, 7) is 5.52. The number of fused-ring (bicyclic) bond motifs is 1. The van der Waals surface area contributed by atoms with E-state index in [1.54, 1.807) is 54.1 Å². The number of carbonyl (C=O) groups excluding carboxylic acids is 2. The molecule has 4 aromatic rings. The molecule has 5 rings (SSSR count). The molecule has 1 aromatic heterocycles.